The number of aromatic nitrogens is 3. The fourth-order valence-corrected chi connectivity index (χ4v) is 2.34. The van der Waals surface area contributed by atoms with E-state index in [4.69, 9.17) is 9.47 Å². The predicted octanol–water partition coefficient (Wildman–Crippen LogP) is 2.38. The largest absolute Gasteiger partial charge is 0.507 e. The fraction of sp³-hybridized carbons (Fsp3) is 0.412. The molecule has 128 valence electrons. The van der Waals surface area contributed by atoms with Gasteiger partial charge in [-0.1, -0.05) is 6.92 Å². The Morgan fingerprint density at radius 3 is 2.54 bits per heavy atom. The second-order valence-electron chi connectivity index (χ2n) is 5.19. The highest BCUT2D eigenvalue weighted by Crippen LogP contribution is 2.37. The smallest absolute Gasteiger partial charge is 0.308 e. The first kappa shape index (κ1) is 17.7. The van der Waals surface area contributed by atoms with Gasteiger partial charge in [-0.05, 0) is 32.4 Å². The first-order valence-electron chi connectivity index (χ1n) is 7.85. The van der Waals surface area contributed by atoms with Crippen LogP contribution in [0.4, 0.5) is 0 Å². The monoisotopic (exact) mass is 331 g/mol. The lowest BCUT2D eigenvalue weighted by Gasteiger charge is -2.17. The van der Waals surface area contributed by atoms with E-state index in [0.717, 1.165) is 0 Å². The van der Waals surface area contributed by atoms with E-state index in [0.29, 0.717) is 42.3 Å². The molecule has 0 amide bonds. The molecular formula is C17H21N3O4. The third-order valence-electron chi connectivity index (χ3n) is 3.47. The molecule has 2 aromatic rings. The van der Waals surface area contributed by atoms with E-state index >= 15 is 0 Å². The van der Waals surface area contributed by atoms with Crippen LogP contribution in [0.5, 0.6) is 11.5 Å². The van der Waals surface area contributed by atoms with Gasteiger partial charge in [-0.25, -0.2) is 15.0 Å². The summed E-state index contributed by atoms with van der Waals surface area (Å²) in [6.45, 7) is 6.14. The molecule has 24 heavy (non-hydrogen) atoms. The highest BCUT2D eigenvalue weighted by atomic mass is 16.5. The van der Waals surface area contributed by atoms with E-state index < -0.39 is 5.92 Å². The molecule has 0 saturated carbocycles. The summed E-state index contributed by atoms with van der Waals surface area (Å²) >= 11 is 0. The summed E-state index contributed by atoms with van der Waals surface area (Å²) in [4.78, 5) is 23.8. The lowest BCUT2D eigenvalue weighted by atomic mass is 9.97. The second kappa shape index (κ2) is 8.24. The van der Waals surface area contributed by atoms with Crippen molar-refractivity contribution in [1.82, 2.24) is 15.0 Å². The van der Waals surface area contributed by atoms with Crippen molar-refractivity contribution in [1.29, 1.82) is 0 Å². The molecule has 1 N–H and O–H groups in total. The maximum Gasteiger partial charge on any atom is 0.308 e. The molecule has 0 radical (unpaired) electrons. The molecule has 0 spiro atoms. The topological polar surface area (TPSA) is 94.4 Å². The average Bonchev–Trinajstić information content (AvgIpc) is 2.59. The molecule has 0 aliphatic carbocycles. The number of phenolic OH excluding ortho intramolecular Hbond substituents is 1. The molecule has 1 unspecified atom stereocenters. The maximum absolute atomic E-state index is 11.9. The van der Waals surface area contributed by atoms with Crippen molar-refractivity contribution in [2.24, 2.45) is 5.92 Å². The minimum absolute atomic E-state index is 0.00305. The third-order valence-corrected chi connectivity index (χ3v) is 3.47. The Morgan fingerprint density at radius 2 is 1.92 bits per heavy atom. The van der Waals surface area contributed by atoms with Crippen molar-refractivity contribution in [3.05, 3.63) is 30.4 Å². The minimum atomic E-state index is -0.413. The average molecular weight is 331 g/mol. The summed E-state index contributed by atoms with van der Waals surface area (Å²) in [5.74, 6) is 0.163. The van der Waals surface area contributed by atoms with Gasteiger partial charge in [-0.15, -0.1) is 0 Å². The minimum Gasteiger partial charge on any atom is -0.507 e. The Labute approximate surface area is 140 Å². The Bertz CT molecular complexity index is 692. The van der Waals surface area contributed by atoms with Gasteiger partial charge in [0.25, 0.3) is 0 Å². The molecular weight excluding hydrogens is 310 g/mol. The van der Waals surface area contributed by atoms with Gasteiger partial charge in [-0.3, -0.25) is 4.79 Å². The zero-order chi connectivity index (χ0) is 17.5. The van der Waals surface area contributed by atoms with Crippen LogP contribution in [-0.4, -0.2) is 39.2 Å². The predicted molar refractivity (Wildman–Crippen MR) is 87.6 cm³/mol. The number of hydrogen-bond acceptors (Lipinski definition) is 7. The van der Waals surface area contributed by atoms with E-state index in [1.54, 1.807) is 26.0 Å². The molecule has 1 atom stereocenters. The summed E-state index contributed by atoms with van der Waals surface area (Å²) in [5.41, 5.74) is 1.00. The van der Waals surface area contributed by atoms with E-state index in [-0.39, 0.29) is 11.7 Å². The summed E-state index contributed by atoms with van der Waals surface area (Å²) < 4.78 is 10.6. The highest BCUT2D eigenvalue weighted by molar-refractivity contribution is 5.74. The van der Waals surface area contributed by atoms with Crippen LogP contribution in [-0.2, 0) is 16.0 Å². The quantitative estimate of drug-likeness (QED) is 0.778. The van der Waals surface area contributed by atoms with Crippen molar-refractivity contribution >= 4 is 5.97 Å². The molecule has 1 aromatic carbocycles. The van der Waals surface area contributed by atoms with Crippen LogP contribution < -0.4 is 4.74 Å². The number of benzene rings is 1. The number of nitrogens with zero attached hydrogens (tertiary/aromatic N) is 3. The summed E-state index contributed by atoms with van der Waals surface area (Å²) in [6, 6.07) is 3.43. The Kier molecular flexibility index (Phi) is 6.06. The van der Waals surface area contributed by atoms with Gasteiger partial charge >= 0.3 is 5.97 Å². The molecule has 1 heterocycles. The molecule has 2 rings (SSSR count). The Hall–Kier alpha value is -2.70. The number of rotatable bonds is 7. The van der Waals surface area contributed by atoms with Gasteiger partial charge < -0.3 is 14.6 Å². The van der Waals surface area contributed by atoms with E-state index in [1.807, 2.05) is 6.92 Å². The van der Waals surface area contributed by atoms with Crippen LogP contribution in [0.15, 0.2) is 24.8 Å². The number of ether oxygens (including phenoxy) is 2. The van der Waals surface area contributed by atoms with Gasteiger partial charge in [0.15, 0.2) is 5.82 Å². The van der Waals surface area contributed by atoms with E-state index in [9.17, 15) is 9.90 Å². The van der Waals surface area contributed by atoms with Crippen LogP contribution >= 0.6 is 0 Å². The maximum atomic E-state index is 11.9. The second-order valence-corrected chi connectivity index (χ2v) is 5.19. The molecule has 1 aromatic heterocycles. The van der Waals surface area contributed by atoms with Crippen LogP contribution in [0.25, 0.3) is 11.4 Å². The van der Waals surface area contributed by atoms with Gasteiger partial charge in [0.05, 0.1) is 24.7 Å². The number of hydrogen-bond donors (Lipinski definition) is 1. The lowest BCUT2D eigenvalue weighted by molar-refractivity contribution is -0.147. The molecule has 0 bridgehead atoms. The van der Waals surface area contributed by atoms with Gasteiger partial charge in [0.2, 0.25) is 0 Å². The number of carbonyl (C=O) groups is 1. The number of aromatic hydroxyl groups is 1. The van der Waals surface area contributed by atoms with Gasteiger partial charge in [-0.2, -0.15) is 0 Å². The lowest BCUT2D eigenvalue weighted by Crippen LogP contribution is -2.17. The van der Waals surface area contributed by atoms with Gasteiger partial charge in [0, 0.05) is 5.56 Å². The van der Waals surface area contributed by atoms with Crippen LogP contribution in [0.3, 0.4) is 0 Å². The number of esters is 1. The summed E-state index contributed by atoms with van der Waals surface area (Å²) in [5, 5.41) is 10.7. The zero-order valence-corrected chi connectivity index (χ0v) is 14.0. The van der Waals surface area contributed by atoms with E-state index in [2.05, 4.69) is 15.0 Å². The Morgan fingerprint density at radius 1 is 1.21 bits per heavy atom. The summed E-state index contributed by atoms with van der Waals surface area (Å²) in [6.07, 6.45) is 3.01. The van der Waals surface area contributed by atoms with Crippen molar-refractivity contribution < 1.29 is 19.4 Å². The van der Waals surface area contributed by atoms with Crippen molar-refractivity contribution in [3.8, 4) is 22.9 Å². The molecule has 0 aliphatic rings. The van der Waals surface area contributed by atoms with Crippen LogP contribution in [0.1, 0.15) is 26.3 Å². The molecule has 0 fully saturated rings. The van der Waals surface area contributed by atoms with Gasteiger partial charge in [0.1, 0.15) is 24.2 Å². The third kappa shape index (κ3) is 3.98. The van der Waals surface area contributed by atoms with E-state index in [1.165, 1.54) is 12.7 Å². The number of carbonyl (C=O) groups excluding carboxylic acids is 1. The number of phenols is 1. The van der Waals surface area contributed by atoms with Crippen LogP contribution in [0.2, 0.25) is 0 Å². The van der Waals surface area contributed by atoms with Crippen molar-refractivity contribution in [2.75, 3.05) is 13.2 Å². The molecule has 0 saturated heterocycles. The van der Waals surface area contributed by atoms with Crippen molar-refractivity contribution in [2.45, 2.75) is 27.2 Å². The van der Waals surface area contributed by atoms with Crippen molar-refractivity contribution in [3.63, 3.8) is 0 Å². The first-order chi connectivity index (χ1) is 11.6. The summed E-state index contributed by atoms with van der Waals surface area (Å²) in [7, 11) is 0. The first-order valence-corrected chi connectivity index (χ1v) is 7.85. The highest BCUT2D eigenvalue weighted by Gasteiger charge is 2.22. The normalized spacial score (nSPS) is 11.8. The SMILES string of the molecule is CCOC(=O)C(C)Cc1c(OCC)ccc(-c2ncncn2)c1O. The zero-order valence-electron chi connectivity index (χ0n) is 14.0. The van der Waals surface area contributed by atoms with Crippen LogP contribution in [0, 0.1) is 5.92 Å². The molecule has 7 heteroatoms. The standard InChI is InChI=1S/C17H21N3O4/c1-4-23-14-7-6-12(16-19-9-18-10-20-16)15(21)13(14)8-11(3)17(22)24-5-2/h6-7,9-11,21H,4-5,8H2,1-3H3. The Balaban J connectivity index is 2.41. The fourth-order valence-electron chi connectivity index (χ4n) is 2.34. The molecule has 7 nitrogen and oxygen atoms in total. The molecule has 0 aliphatic heterocycles.